The van der Waals surface area contributed by atoms with Gasteiger partial charge in [-0.25, -0.2) is 9.37 Å². The molecule has 1 aromatic heterocycles. The summed E-state index contributed by atoms with van der Waals surface area (Å²) < 4.78 is 74.4. The molecule has 0 N–H and O–H groups in total. The van der Waals surface area contributed by atoms with Crippen molar-refractivity contribution in [1.29, 1.82) is 0 Å². The number of rotatable bonds is 3. The fraction of sp³-hybridized carbons (Fsp3) is 0.214. The van der Waals surface area contributed by atoms with E-state index in [1.165, 1.54) is 6.92 Å². The topological polar surface area (TPSA) is 31.4 Å². The van der Waals surface area contributed by atoms with Crippen molar-refractivity contribution >= 4 is 0 Å². The third-order valence-electron chi connectivity index (χ3n) is 2.77. The Morgan fingerprint density at radius 1 is 1.14 bits per heavy atom. The Labute approximate surface area is 122 Å². The highest BCUT2D eigenvalue weighted by molar-refractivity contribution is 5.44. The van der Waals surface area contributed by atoms with Gasteiger partial charge in [0, 0.05) is 0 Å². The molecule has 2 rings (SSSR count). The minimum absolute atomic E-state index is 0.0604. The molecule has 0 atom stereocenters. The highest BCUT2D eigenvalue weighted by Crippen LogP contribution is 2.36. The normalized spacial score (nSPS) is 11.4. The maximum atomic E-state index is 13.5. The summed E-state index contributed by atoms with van der Waals surface area (Å²) in [5, 5.41) is 0. The van der Waals surface area contributed by atoms with Crippen LogP contribution in [0.3, 0.4) is 0 Å². The van der Waals surface area contributed by atoms with E-state index in [1.54, 1.807) is 0 Å². The second-order valence-corrected chi connectivity index (χ2v) is 4.33. The number of benzene rings is 1. The number of aryl methyl sites for hydroxylation is 1. The van der Waals surface area contributed by atoms with E-state index < -0.39 is 29.3 Å². The number of nitrogens with zero attached hydrogens (tertiary/aromatic N) is 1. The van der Waals surface area contributed by atoms with Crippen LogP contribution in [0.5, 0.6) is 17.2 Å². The minimum Gasteiger partial charge on any atom is -0.490 e. The molecule has 0 radical (unpaired) electrons. The third kappa shape index (κ3) is 3.10. The lowest BCUT2D eigenvalue weighted by Gasteiger charge is -2.13. The van der Waals surface area contributed by atoms with Gasteiger partial charge in [-0.1, -0.05) is 0 Å². The second-order valence-electron chi connectivity index (χ2n) is 4.33. The molecule has 0 spiro atoms. The van der Waals surface area contributed by atoms with Crippen molar-refractivity contribution in [3.05, 3.63) is 47.3 Å². The predicted octanol–water partition coefficient (Wildman–Crippen LogP) is 4.49. The van der Waals surface area contributed by atoms with Crippen LogP contribution >= 0.6 is 0 Å². The van der Waals surface area contributed by atoms with E-state index in [9.17, 15) is 22.0 Å². The monoisotopic (exact) mass is 319 g/mol. The first kappa shape index (κ1) is 16.0. The molecule has 22 heavy (non-hydrogen) atoms. The van der Waals surface area contributed by atoms with Crippen LogP contribution in [0.2, 0.25) is 0 Å². The molecule has 2 aromatic rings. The van der Waals surface area contributed by atoms with Gasteiger partial charge >= 0.3 is 6.18 Å². The second kappa shape index (κ2) is 5.78. The first-order valence-corrected chi connectivity index (χ1v) is 5.97. The predicted molar refractivity (Wildman–Crippen MR) is 67.0 cm³/mol. The molecule has 1 aromatic carbocycles. The molecular formula is C14H10F5NO2. The molecule has 0 unspecified atom stereocenters. The number of pyridine rings is 1. The summed E-state index contributed by atoms with van der Waals surface area (Å²) in [7, 11) is 1.11. The fourth-order valence-electron chi connectivity index (χ4n) is 1.81. The van der Waals surface area contributed by atoms with Gasteiger partial charge in [0.05, 0.1) is 13.3 Å². The van der Waals surface area contributed by atoms with Crippen molar-refractivity contribution in [3.63, 3.8) is 0 Å². The maximum Gasteiger partial charge on any atom is 0.433 e. The molecule has 0 saturated heterocycles. The van der Waals surface area contributed by atoms with Gasteiger partial charge in [-0.2, -0.15) is 17.6 Å². The largest absolute Gasteiger partial charge is 0.490 e. The summed E-state index contributed by atoms with van der Waals surface area (Å²) in [4.78, 5) is 3.28. The van der Waals surface area contributed by atoms with E-state index >= 15 is 0 Å². The van der Waals surface area contributed by atoms with Crippen LogP contribution in [-0.2, 0) is 6.18 Å². The summed E-state index contributed by atoms with van der Waals surface area (Å²) in [5.74, 6) is -3.11. The Hall–Kier alpha value is -2.38. The van der Waals surface area contributed by atoms with Gasteiger partial charge < -0.3 is 9.47 Å². The van der Waals surface area contributed by atoms with Gasteiger partial charge in [-0.3, -0.25) is 0 Å². The Bertz CT molecular complexity index is 700. The number of halogens is 5. The van der Waals surface area contributed by atoms with Gasteiger partial charge in [0.2, 0.25) is 11.6 Å². The molecule has 3 nitrogen and oxygen atoms in total. The number of ether oxygens (including phenoxy) is 2. The molecule has 0 aliphatic heterocycles. The number of methoxy groups -OCH3 is 1. The average Bonchev–Trinajstić information content (AvgIpc) is 2.42. The van der Waals surface area contributed by atoms with Gasteiger partial charge in [-0.15, -0.1) is 0 Å². The number of aromatic nitrogens is 1. The van der Waals surface area contributed by atoms with Crippen LogP contribution in [0.4, 0.5) is 22.0 Å². The number of alkyl halides is 3. The van der Waals surface area contributed by atoms with Crippen molar-refractivity contribution < 1.29 is 31.4 Å². The molecule has 8 heteroatoms. The van der Waals surface area contributed by atoms with E-state index in [2.05, 4.69) is 4.98 Å². The summed E-state index contributed by atoms with van der Waals surface area (Å²) in [6.07, 6.45) is -3.74. The van der Waals surface area contributed by atoms with Crippen molar-refractivity contribution in [1.82, 2.24) is 4.98 Å². The van der Waals surface area contributed by atoms with E-state index in [-0.39, 0.29) is 17.1 Å². The van der Waals surface area contributed by atoms with Crippen molar-refractivity contribution in [2.75, 3.05) is 7.11 Å². The van der Waals surface area contributed by atoms with E-state index in [1.807, 2.05) is 0 Å². The van der Waals surface area contributed by atoms with Gasteiger partial charge in [0.15, 0.2) is 11.6 Å². The fourth-order valence-corrected chi connectivity index (χ4v) is 1.81. The SMILES string of the molecule is COc1c(Oc2cnc(C(F)(F)F)c(C)c2)ccc(F)c1F. The summed E-state index contributed by atoms with van der Waals surface area (Å²) >= 11 is 0. The molecule has 0 bridgehead atoms. The highest BCUT2D eigenvalue weighted by Gasteiger charge is 2.34. The summed E-state index contributed by atoms with van der Waals surface area (Å²) in [6.45, 7) is 1.21. The highest BCUT2D eigenvalue weighted by atomic mass is 19.4. The number of hydrogen-bond acceptors (Lipinski definition) is 3. The Morgan fingerprint density at radius 3 is 2.36 bits per heavy atom. The first-order valence-electron chi connectivity index (χ1n) is 5.97. The molecular weight excluding hydrogens is 309 g/mol. The number of hydrogen-bond donors (Lipinski definition) is 0. The van der Waals surface area contributed by atoms with Crippen LogP contribution < -0.4 is 9.47 Å². The lowest BCUT2D eigenvalue weighted by atomic mass is 10.2. The molecule has 1 heterocycles. The average molecular weight is 319 g/mol. The Kier molecular flexibility index (Phi) is 4.20. The van der Waals surface area contributed by atoms with Crippen LogP contribution in [0, 0.1) is 18.6 Å². The molecule has 0 aliphatic carbocycles. The first-order chi connectivity index (χ1) is 10.2. The molecule has 0 amide bonds. The zero-order chi connectivity index (χ0) is 16.5. The van der Waals surface area contributed by atoms with Gasteiger partial charge in [0.25, 0.3) is 0 Å². The lowest BCUT2D eigenvalue weighted by Crippen LogP contribution is -2.10. The lowest BCUT2D eigenvalue weighted by molar-refractivity contribution is -0.141. The molecule has 0 saturated carbocycles. The standard InChI is InChI=1S/C14H10F5NO2/c1-7-5-8(6-20-13(7)14(17,18)19)22-10-4-3-9(15)11(16)12(10)21-2/h3-6H,1-2H3. The van der Waals surface area contributed by atoms with Gasteiger partial charge in [0.1, 0.15) is 11.4 Å². The van der Waals surface area contributed by atoms with Gasteiger partial charge in [-0.05, 0) is 30.7 Å². The zero-order valence-corrected chi connectivity index (χ0v) is 11.5. The van der Waals surface area contributed by atoms with Crippen LogP contribution in [0.1, 0.15) is 11.3 Å². The zero-order valence-electron chi connectivity index (χ0n) is 11.5. The quantitative estimate of drug-likeness (QED) is 0.781. The van der Waals surface area contributed by atoms with Crippen LogP contribution in [-0.4, -0.2) is 12.1 Å². The van der Waals surface area contributed by atoms with Crippen molar-refractivity contribution in [2.45, 2.75) is 13.1 Å². The smallest absolute Gasteiger partial charge is 0.433 e. The van der Waals surface area contributed by atoms with Crippen LogP contribution in [0.25, 0.3) is 0 Å². The van der Waals surface area contributed by atoms with E-state index in [0.29, 0.717) is 0 Å². The summed E-state index contributed by atoms with van der Waals surface area (Å²) in [6, 6.07) is 3.01. The Balaban J connectivity index is 2.37. The molecule has 0 fully saturated rings. The van der Waals surface area contributed by atoms with E-state index in [0.717, 1.165) is 31.5 Å². The molecule has 0 aliphatic rings. The minimum atomic E-state index is -4.58. The van der Waals surface area contributed by atoms with Crippen molar-refractivity contribution in [3.8, 4) is 17.2 Å². The maximum absolute atomic E-state index is 13.5. The van der Waals surface area contributed by atoms with Crippen LogP contribution in [0.15, 0.2) is 24.4 Å². The van der Waals surface area contributed by atoms with Crippen molar-refractivity contribution in [2.24, 2.45) is 0 Å². The Morgan fingerprint density at radius 2 is 1.82 bits per heavy atom. The van der Waals surface area contributed by atoms with E-state index in [4.69, 9.17) is 9.47 Å². The molecule has 118 valence electrons. The third-order valence-corrected chi connectivity index (χ3v) is 2.77. The summed E-state index contributed by atoms with van der Waals surface area (Å²) in [5.41, 5.74) is -1.20.